The zero-order valence-electron chi connectivity index (χ0n) is 12.0. The van der Waals surface area contributed by atoms with Crippen LogP contribution in [0.2, 0.25) is 0 Å². The first-order chi connectivity index (χ1) is 8.38. The largest absolute Gasteiger partial charge is 0.489 e. The summed E-state index contributed by atoms with van der Waals surface area (Å²) in [4.78, 5) is 0. The number of hydrogen-bond donors (Lipinski definition) is 1. The van der Waals surface area contributed by atoms with E-state index >= 15 is 0 Å². The quantitative estimate of drug-likeness (QED) is 0.834. The van der Waals surface area contributed by atoms with Crippen molar-refractivity contribution in [1.82, 2.24) is 5.32 Å². The van der Waals surface area contributed by atoms with E-state index in [1.54, 1.807) is 6.07 Å². The molecule has 0 fully saturated rings. The van der Waals surface area contributed by atoms with Crippen LogP contribution in [0.15, 0.2) is 18.2 Å². The number of ether oxygens (including phenoxy) is 1. The van der Waals surface area contributed by atoms with Gasteiger partial charge in [-0.25, -0.2) is 4.39 Å². The summed E-state index contributed by atoms with van der Waals surface area (Å²) in [6.45, 7) is 11.0. The molecule has 0 spiro atoms. The molecule has 0 amide bonds. The van der Waals surface area contributed by atoms with Gasteiger partial charge >= 0.3 is 0 Å². The predicted molar refractivity (Wildman–Crippen MR) is 73.7 cm³/mol. The molecular formula is C15H24FNO. The van der Waals surface area contributed by atoms with Crippen molar-refractivity contribution in [1.29, 1.82) is 0 Å². The highest BCUT2D eigenvalue weighted by Crippen LogP contribution is 2.23. The van der Waals surface area contributed by atoms with Gasteiger partial charge in [0.15, 0.2) is 0 Å². The second-order valence-electron chi connectivity index (χ2n) is 5.37. The number of rotatable bonds is 6. The molecule has 18 heavy (non-hydrogen) atoms. The van der Waals surface area contributed by atoms with Gasteiger partial charge in [-0.3, -0.25) is 0 Å². The van der Waals surface area contributed by atoms with Crippen LogP contribution < -0.4 is 10.1 Å². The summed E-state index contributed by atoms with van der Waals surface area (Å²) in [5.41, 5.74) is 0.967. The summed E-state index contributed by atoms with van der Waals surface area (Å²) >= 11 is 0. The van der Waals surface area contributed by atoms with Gasteiger partial charge in [0.2, 0.25) is 0 Å². The molecule has 0 saturated heterocycles. The first-order valence-electron chi connectivity index (χ1n) is 6.59. The van der Waals surface area contributed by atoms with Gasteiger partial charge in [-0.2, -0.15) is 0 Å². The zero-order chi connectivity index (χ0) is 13.7. The highest BCUT2D eigenvalue weighted by atomic mass is 19.1. The molecule has 3 heteroatoms. The standard InChI is InChI=1S/C15H24FNO/c1-10(2)13-6-14(16)8-15(7-13)18-12(5)9-17-11(3)4/h6-8,10-12,17H,9H2,1-5H3/t12-/m1/s1. The normalized spacial score (nSPS) is 13.1. The molecule has 2 nitrogen and oxygen atoms in total. The lowest BCUT2D eigenvalue weighted by atomic mass is 10.0. The molecule has 1 rings (SSSR count). The van der Waals surface area contributed by atoms with Crippen LogP contribution in [0.4, 0.5) is 4.39 Å². The molecular weight excluding hydrogens is 229 g/mol. The maximum Gasteiger partial charge on any atom is 0.127 e. The lowest BCUT2D eigenvalue weighted by Crippen LogP contribution is -2.33. The smallest absolute Gasteiger partial charge is 0.127 e. The van der Waals surface area contributed by atoms with Crippen LogP contribution in [0, 0.1) is 5.82 Å². The molecule has 1 aromatic carbocycles. The summed E-state index contributed by atoms with van der Waals surface area (Å²) in [6.07, 6.45) is 0.0224. The molecule has 0 aliphatic carbocycles. The monoisotopic (exact) mass is 253 g/mol. The molecule has 0 saturated carbocycles. The van der Waals surface area contributed by atoms with Gasteiger partial charge < -0.3 is 10.1 Å². The molecule has 0 aliphatic rings. The predicted octanol–water partition coefficient (Wildman–Crippen LogP) is 3.71. The van der Waals surface area contributed by atoms with Crippen LogP contribution in [-0.2, 0) is 0 Å². The fraction of sp³-hybridized carbons (Fsp3) is 0.600. The molecule has 0 aliphatic heterocycles. The van der Waals surface area contributed by atoms with E-state index in [1.165, 1.54) is 6.07 Å². The summed E-state index contributed by atoms with van der Waals surface area (Å²) in [5.74, 6) is 0.670. The van der Waals surface area contributed by atoms with Crippen molar-refractivity contribution in [2.45, 2.75) is 52.7 Å². The molecule has 102 valence electrons. The third-order valence-corrected chi connectivity index (χ3v) is 2.71. The first-order valence-corrected chi connectivity index (χ1v) is 6.59. The lowest BCUT2D eigenvalue weighted by molar-refractivity contribution is 0.212. The van der Waals surface area contributed by atoms with E-state index in [1.807, 2.05) is 26.8 Å². The van der Waals surface area contributed by atoms with Crippen molar-refractivity contribution in [3.8, 4) is 5.75 Å². The van der Waals surface area contributed by atoms with Gasteiger partial charge in [-0.15, -0.1) is 0 Å². The van der Waals surface area contributed by atoms with Crippen molar-refractivity contribution in [3.63, 3.8) is 0 Å². The van der Waals surface area contributed by atoms with Gasteiger partial charge in [-0.05, 0) is 30.5 Å². The maximum atomic E-state index is 13.5. The Hall–Kier alpha value is -1.09. The SMILES string of the molecule is CC(C)NC[C@@H](C)Oc1cc(F)cc(C(C)C)c1. The van der Waals surface area contributed by atoms with Crippen LogP contribution >= 0.6 is 0 Å². The highest BCUT2D eigenvalue weighted by molar-refractivity contribution is 5.31. The van der Waals surface area contributed by atoms with Crippen LogP contribution in [0.5, 0.6) is 5.75 Å². The van der Waals surface area contributed by atoms with E-state index in [4.69, 9.17) is 4.74 Å². The Kier molecular flexibility index (Phi) is 5.60. The van der Waals surface area contributed by atoms with E-state index in [-0.39, 0.29) is 11.9 Å². The summed E-state index contributed by atoms with van der Waals surface area (Å²) < 4.78 is 19.2. The Bertz CT molecular complexity index is 377. The van der Waals surface area contributed by atoms with Crippen LogP contribution in [0.25, 0.3) is 0 Å². The topological polar surface area (TPSA) is 21.3 Å². The van der Waals surface area contributed by atoms with Crippen molar-refractivity contribution < 1.29 is 9.13 Å². The van der Waals surface area contributed by atoms with E-state index in [0.717, 1.165) is 12.1 Å². The van der Waals surface area contributed by atoms with Gasteiger partial charge in [-0.1, -0.05) is 27.7 Å². The molecule has 0 heterocycles. The van der Waals surface area contributed by atoms with Gasteiger partial charge in [0.05, 0.1) is 0 Å². The molecule has 0 aromatic heterocycles. The number of hydrogen-bond acceptors (Lipinski definition) is 2. The summed E-state index contributed by atoms with van der Waals surface area (Å²) in [5, 5.41) is 3.30. The molecule has 0 unspecified atom stereocenters. The van der Waals surface area contributed by atoms with E-state index < -0.39 is 0 Å². The third-order valence-electron chi connectivity index (χ3n) is 2.71. The Morgan fingerprint density at radius 3 is 2.33 bits per heavy atom. The van der Waals surface area contributed by atoms with Gasteiger partial charge in [0.1, 0.15) is 17.7 Å². The number of halogens is 1. The molecule has 0 bridgehead atoms. The van der Waals surface area contributed by atoms with E-state index in [9.17, 15) is 4.39 Å². The van der Waals surface area contributed by atoms with Crippen molar-refractivity contribution in [2.75, 3.05) is 6.54 Å². The molecule has 0 radical (unpaired) electrons. The minimum absolute atomic E-state index is 0.0224. The zero-order valence-corrected chi connectivity index (χ0v) is 12.0. The van der Waals surface area contributed by atoms with Crippen LogP contribution in [0.1, 0.15) is 46.1 Å². The Labute approximate surface area is 110 Å². The Morgan fingerprint density at radius 2 is 1.78 bits per heavy atom. The maximum absolute atomic E-state index is 13.5. The lowest BCUT2D eigenvalue weighted by Gasteiger charge is -2.18. The minimum atomic E-state index is -0.236. The van der Waals surface area contributed by atoms with E-state index in [0.29, 0.717) is 17.7 Å². The third kappa shape index (κ3) is 5.05. The highest BCUT2D eigenvalue weighted by Gasteiger charge is 2.09. The number of benzene rings is 1. The minimum Gasteiger partial charge on any atom is -0.489 e. The van der Waals surface area contributed by atoms with Crippen molar-refractivity contribution in [2.24, 2.45) is 0 Å². The molecule has 1 atom stereocenters. The fourth-order valence-corrected chi connectivity index (χ4v) is 1.66. The Morgan fingerprint density at radius 1 is 1.11 bits per heavy atom. The van der Waals surface area contributed by atoms with Crippen LogP contribution in [-0.4, -0.2) is 18.7 Å². The number of nitrogens with one attached hydrogen (secondary N) is 1. The second-order valence-corrected chi connectivity index (χ2v) is 5.37. The van der Waals surface area contributed by atoms with E-state index in [2.05, 4.69) is 19.2 Å². The average Bonchev–Trinajstić information content (AvgIpc) is 2.25. The second kappa shape index (κ2) is 6.74. The summed E-state index contributed by atoms with van der Waals surface area (Å²) in [7, 11) is 0. The summed E-state index contributed by atoms with van der Waals surface area (Å²) in [6, 6.07) is 5.35. The van der Waals surface area contributed by atoms with Crippen molar-refractivity contribution in [3.05, 3.63) is 29.6 Å². The van der Waals surface area contributed by atoms with Gasteiger partial charge in [0.25, 0.3) is 0 Å². The molecule has 1 aromatic rings. The average molecular weight is 253 g/mol. The first kappa shape index (κ1) is 15.0. The van der Waals surface area contributed by atoms with Gasteiger partial charge in [0, 0.05) is 18.7 Å². The fourth-order valence-electron chi connectivity index (χ4n) is 1.66. The van der Waals surface area contributed by atoms with Crippen LogP contribution in [0.3, 0.4) is 0 Å². The Balaban J connectivity index is 2.66. The van der Waals surface area contributed by atoms with Crippen molar-refractivity contribution >= 4 is 0 Å². The molecule has 1 N–H and O–H groups in total.